The first-order chi connectivity index (χ1) is 13.6. The van der Waals surface area contributed by atoms with E-state index in [0.29, 0.717) is 26.8 Å². The molecule has 6 nitrogen and oxygen atoms in total. The van der Waals surface area contributed by atoms with Crippen molar-refractivity contribution in [2.45, 2.75) is 13.3 Å². The predicted molar refractivity (Wildman–Crippen MR) is 110 cm³/mol. The number of rotatable bonds is 5. The Labute approximate surface area is 165 Å². The maximum Gasteiger partial charge on any atom is 0.291 e. The number of methoxy groups -OCH3 is 2. The number of hydrogen-bond donors (Lipinski definition) is 0. The second-order valence-corrected chi connectivity index (χ2v) is 7.22. The summed E-state index contributed by atoms with van der Waals surface area (Å²) in [4.78, 5) is 17.8. The summed E-state index contributed by atoms with van der Waals surface area (Å²) in [7, 11) is 3.16. The molecule has 4 rings (SSSR count). The second-order valence-electron chi connectivity index (χ2n) is 6.21. The van der Waals surface area contributed by atoms with Crippen LogP contribution in [0.15, 0.2) is 47.3 Å². The minimum Gasteiger partial charge on any atom is -0.493 e. The van der Waals surface area contributed by atoms with Gasteiger partial charge < -0.3 is 9.47 Å². The van der Waals surface area contributed by atoms with Gasteiger partial charge in [0.15, 0.2) is 17.3 Å². The molecule has 142 valence electrons. The number of benzene rings is 2. The summed E-state index contributed by atoms with van der Waals surface area (Å²) in [5.41, 5.74) is 2.84. The third-order valence-corrected chi connectivity index (χ3v) is 5.47. The summed E-state index contributed by atoms with van der Waals surface area (Å²) in [5.74, 6) is 1.69. The molecule has 0 atom stereocenters. The SMILES string of the molecule is CCc1ccc(/C=c2/sc3nc(-c4ccc(OC)c(OC)c4)nn3c2=O)cc1. The third kappa shape index (κ3) is 3.25. The fourth-order valence-corrected chi connectivity index (χ4v) is 3.84. The zero-order valence-corrected chi connectivity index (χ0v) is 16.6. The molecule has 2 heterocycles. The van der Waals surface area contributed by atoms with Crippen molar-refractivity contribution in [3.8, 4) is 22.9 Å². The Morgan fingerprint density at radius 1 is 1.07 bits per heavy atom. The van der Waals surface area contributed by atoms with Gasteiger partial charge >= 0.3 is 0 Å². The van der Waals surface area contributed by atoms with E-state index in [1.54, 1.807) is 26.4 Å². The Morgan fingerprint density at radius 2 is 1.82 bits per heavy atom. The maximum atomic E-state index is 12.7. The molecule has 7 heteroatoms. The molecule has 0 N–H and O–H groups in total. The first kappa shape index (κ1) is 18.2. The van der Waals surface area contributed by atoms with Crippen LogP contribution in [0.4, 0.5) is 0 Å². The molecule has 0 saturated heterocycles. The topological polar surface area (TPSA) is 65.7 Å². The van der Waals surface area contributed by atoms with Crippen molar-refractivity contribution >= 4 is 22.4 Å². The van der Waals surface area contributed by atoms with Gasteiger partial charge in [0.25, 0.3) is 5.56 Å². The lowest BCUT2D eigenvalue weighted by molar-refractivity contribution is 0.355. The van der Waals surface area contributed by atoms with Gasteiger partial charge in [0, 0.05) is 5.56 Å². The Morgan fingerprint density at radius 3 is 2.46 bits per heavy atom. The molecule has 0 spiro atoms. The third-order valence-electron chi connectivity index (χ3n) is 4.51. The monoisotopic (exact) mass is 393 g/mol. The van der Waals surface area contributed by atoms with Crippen LogP contribution in [0.1, 0.15) is 18.1 Å². The summed E-state index contributed by atoms with van der Waals surface area (Å²) in [6.07, 6.45) is 2.86. The molecule has 0 amide bonds. The van der Waals surface area contributed by atoms with E-state index in [1.807, 2.05) is 24.3 Å². The van der Waals surface area contributed by atoms with Crippen molar-refractivity contribution in [1.29, 1.82) is 0 Å². The molecule has 0 unspecified atom stereocenters. The van der Waals surface area contributed by atoms with E-state index in [-0.39, 0.29) is 5.56 Å². The first-order valence-corrected chi connectivity index (χ1v) is 9.67. The summed E-state index contributed by atoms with van der Waals surface area (Å²) in [5, 5.41) is 4.39. The van der Waals surface area contributed by atoms with Crippen LogP contribution in [0.25, 0.3) is 22.4 Å². The Bertz CT molecular complexity index is 1240. The van der Waals surface area contributed by atoms with Gasteiger partial charge in [-0.15, -0.1) is 5.10 Å². The molecule has 0 aliphatic heterocycles. The Kier molecular flexibility index (Phi) is 4.83. The molecule has 0 fully saturated rings. The summed E-state index contributed by atoms with van der Waals surface area (Å²) >= 11 is 1.33. The smallest absolute Gasteiger partial charge is 0.291 e. The van der Waals surface area contributed by atoms with Crippen molar-refractivity contribution in [2.24, 2.45) is 0 Å². The number of nitrogens with zero attached hydrogens (tertiary/aromatic N) is 3. The second kappa shape index (κ2) is 7.44. The number of fused-ring (bicyclic) bond motifs is 1. The van der Waals surface area contributed by atoms with Gasteiger partial charge in [0.2, 0.25) is 4.96 Å². The van der Waals surface area contributed by atoms with E-state index >= 15 is 0 Å². The van der Waals surface area contributed by atoms with Gasteiger partial charge in [-0.25, -0.2) is 0 Å². The summed E-state index contributed by atoms with van der Waals surface area (Å²) in [6, 6.07) is 13.6. The fraction of sp³-hybridized carbons (Fsp3) is 0.190. The lowest BCUT2D eigenvalue weighted by atomic mass is 10.1. The normalized spacial score (nSPS) is 11.9. The van der Waals surface area contributed by atoms with Gasteiger partial charge in [0.05, 0.1) is 18.8 Å². The quantitative estimate of drug-likeness (QED) is 0.522. The van der Waals surface area contributed by atoms with Crippen LogP contribution >= 0.6 is 11.3 Å². The lowest BCUT2D eigenvalue weighted by Crippen LogP contribution is -2.23. The van der Waals surface area contributed by atoms with Gasteiger partial charge in [0.1, 0.15) is 0 Å². The molecule has 0 saturated carbocycles. The van der Waals surface area contributed by atoms with Gasteiger partial charge in [-0.1, -0.05) is 42.5 Å². The molecule has 28 heavy (non-hydrogen) atoms. The van der Waals surface area contributed by atoms with Crippen LogP contribution in [0.3, 0.4) is 0 Å². The van der Waals surface area contributed by atoms with Crippen LogP contribution in [0.2, 0.25) is 0 Å². The molecular weight excluding hydrogens is 374 g/mol. The number of hydrogen-bond acceptors (Lipinski definition) is 6. The van der Waals surface area contributed by atoms with Crippen LogP contribution in [0, 0.1) is 0 Å². The van der Waals surface area contributed by atoms with Crippen LogP contribution in [-0.2, 0) is 6.42 Å². The number of thiazole rings is 1. The molecule has 4 aromatic rings. The Hall–Kier alpha value is -3.19. The zero-order valence-electron chi connectivity index (χ0n) is 15.8. The van der Waals surface area contributed by atoms with E-state index in [0.717, 1.165) is 17.5 Å². The van der Waals surface area contributed by atoms with Gasteiger partial charge in [-0.2, -0.15) is 9.50 Å². The maximum absolute atomic E-state index is 12.7. The highest BCUT2D eigenvalue weighted by Crippen LogP contribution is 2.31. The molecule has 0 aliphatic rings. The highest BCUT2D eigenvalue weighted by molar-refractivity contribution is 7.15. The van der Waals surface area contributed by atoms with Gasteiger partial charge in [-0.05, 0) is 41.8 Å². The molecule has 2 aromatic heterocycles. The van der Waals surface area contributed by atoms with E-state index < -0.39 is 0 Å². The Balaban J connectivity index is 1.74. The molecule has 0 aliphatic carbocycles. The molecular formula is C21H19N3O3S. The molecule has 2 aromatic carbocycles. The standard InChI is InChI=1S/C21H19N3O3S/c1-4-13-5-7-14(8-6-13)11-18-20(25)24-21(28-18)22-19(23-24)15-9-10-16(26-2)17(12-15)27-3/h5-12H,4H2,1-3H3/b18-11+. The largest absolute Gasteiger partial charge is 0.493 e. The van der Waals surface area contributed by atoms with E-state index in [2.05, 4.69) is 29.1 Å². The predicted octanol–water partition coefficient (Wildman–Crippen LogP) is 2.95. The molecule has 0 bridgehead atoms. The zero-order chi connectivity index (χ0) is 19.7. The van der Waals surface area contributed by atoms with Crippen LogP contribution in [-0.4, -0.2) is 28.8 Å². The van der Waals surface area contributed by atoms with Crippen molar-refractivity contribution in [2.75, 3.05) is 14.2 Å². The van der Waals surface area contributed by atoms with Crippen LogP contribution < -0.4 is 19.6 Å². The van der Waals surface area contributed by atoms with Crippen LogP contribution in [0.5, 0.6) is 11.5 Å². The number of aromatic nitrogens is 3. The van der Waals surface area contributed by atoms with E-state index in [1.165, 1.54) is 21.4 Å². The fourth-order valence-electron chi connectivity index (χ4n) is 2.93. The van der Waals surface area contributed by atoms with Gasteiger partial charge in [-0.3, -0.25) is 4.79 Å². The summed E-state index contributed by atoms with van der Waals surface area (Å²) < 4.78 is 12.5. The summed E-state index contributed by atoms with van der Waals surface area (Å²) in [6.45, 7) is 2.12. The number of aryl methyl sites for hydroxylation is 1. The highest BCUT2D eigenvalue weighted by Gasteiger charge is 2.14. The van der Waals surface area contributed by atoms with Crippen molar-refractivity contribution in [1.82, 2.24) is 14.6 Å². The van der Waals surface area contributed by atoms with Crippen molar-refractivity contribution in [3.05, 3.63) is 68.5 Å². The average Bonchev–Trinajstić information content (AvgIpc) is 3.27. The highest BCUT2D eigenvalue weighted by atomic mass is 32.1. The van der Waals surface area contributed by atoms with E-state index in [4.69, 9.17) is 9.47 Å². The average molecular weight is 393 g/mol. The minimum atomic E-state index is -0.168. The lowest BCUT2D eigenvalue weighted by Gasteiger charge is -2.07. The minimum absolute atomic E-state index is 0.168. The first-order valence-electron chi connectivity index (χ1n) is 8.85. The van der Waals surface area contributed by atoms with Crippen molar-refractivity contribution in [3.63, 3.8) is 0 Å². The molecule has 0 radical (unpaired) electrons. The number of ether oxygens (including phenoxy) is 2. The van der Waals surface area contributed by atoms with E-state index in [9.17, 15) is 4.79 Å². The van der Waals surface area contributed by atoms with Crippen molar-refractivity contribution < 1.29 is 9.47 Å².